The van der Waals surface area contributed by atoms with Gasteiger partial charge in [-0.15, -0.1) is 0 Å². The van der Waals surface area contributed by atoms with Crippen molar-refractivity contribution in [3.63, 3.8) is 0 Å². The van der Waals surface area contributed by atoms with Gasteiger partial charge in [-0.25, -0.2) is 0 Å². The standard InChI is InChI=1S/C25H27NO5/c1-4-31-18-7-5-6-16(10-18)19-14-24(28)26-20-11-17(12-21(27)25(19)20)15-8-9-22(29-2)23(13-15)30-3/h5-10,13,17,19H,4,11-12,14H2,1-3H3,(H,26,28)/t17-,19+/m1/s1. The lowest BCUT2D eigenvalue weighted by Crippen LogP contribution is -2.38. The molecule has 1 aliphatic carbocycles. The van der Waals surface area contributed by atoms with Crippen molar-refractivity contribution in [3.05, 3.63) is 64.9 Å². The van der Waals surface area contributed by atoms with Gasteiger partial charge in [0, 0.05) is 30.0 Å². The van der Waals surface area contributed by atoms with Gasteiger partial charge in [-0.05, 0) is 54.7 Å². The maximum Gasteiger partial charge on any atom is 0.225 e. The number of carbonyl (C=O) groups excluding carboxylic acids is 2. The molecule has 1 N–H and O–H groups in total. The summed E-state index contributed by atoms with van der Waals surface area (Å²) in [5.74, 6) is 1.76. The SMILES string of the molecule is CCOc1cccc([C@@H]2CC(=O)NC3=C2C(=O)C[C@H](c2ccc(OC)c(OC)c2)C3)c1. The first-order chi connectivity index (χ1) is 15.0. The van der Waals surface area contributed by atoms with Gasteiger partial charge < -0.3 is 19.5 Å². The largest absolute Gasteiger partial charge is 0.494 e. The number of allylic oxidation sites excluding steroid dienone is 2. The summed E-state index contributed by atoms with van der Waals surface area (Å²) in [6.45, 7) is 2.49. The van der Waals surface area contributed by atoms with Crippen LogP contribution in [0.2, 0.25) is 0 Å². The van der Waals surface area contributed by atoms with E-state index in [1.54, 1.807) is 14.2 Å². The Balaban J connectivity index is 1.67. The van der Waals surface area contributed by atoms with E-state index in [4.69, 9.17) is 14.2 Å². The van der Waals surface area contributed by atoms with Gasteiger partial charge in [0.1, 0.15) is 5.75 Å². The first-order valence-electron chi connectivity index (χ1n) is 10.5. The van der Waals surface area contributed by atoms with Crippen LogP contribution in [0.25, 0.3) is 0 Å². The van der Waals surface area contributed by atoms with Crippen molar-refractivity contribution in [1.82, 2.24) is 5.32 Å². The van der Waals surface area contributed by atoms with Gasteiger partial charge in [0.25, 0.3) is 0 Å². The summed E-state index contributed by atoms with van der Waals surface area (Å²) in [7, 11) is 3.19. The predicted octanol–water partition coefficient (Wildman–Crippen LogP) is 4.11. The fraction of sp³-hybridized carbons (Fsp3) is 0.360. The van der Waals surface area contributed by atoms with Crippen molar-refractivity contribution >= 4 is 11.7 Å². The molecule has 0 spiro atoms. The van der Waals surface area contributed by atoms with E-state index in [1.807, 2.05) is 49.4 Å². The summed E-state index contributed by atoms with van der Waals surface area (Å²) in [4.78, 5) is 25.8. The number of hydrogen-bond donors (Lipinski definition) is 1. The summed E-state index contributed by atoms with van der Waals surface area (Å²) in [5.41, 5.74) is 3.39. The zero-order valence-electron chi connectivity index (χ0n) is 18.1. The second-order valence-corrected chi connectivity index (χ2v) is 7.85. The van der Waals surface area contributed by atoms with Gasteiger partial charge in [0.05, 0.1) is 20.8 Å². The van der Waals surface area contributed by atoms with Crippen molar-refractivity contribution in [2.24, 2.45) is 0 Å². The van der Waals surface area contributed by atoms with Gasteiger partial charge in [0.15, 0.2) is 17.3 Å². The van der Waals surface area contributed by atoms with Crippen LogP contribution >= 0.6 is 0 Å². The molecule has 0 saturated carbocycles. The molecule has 0 bridgehead atoms. The Hall–Kier alpha value is -3.28. The Morgan fingerprint density at radius 3 is 2.48 bits per heavy atom. The molecular weight excluding hydrogens is 394 g/mol. The normalized spacial score (nSPS) is 20.7. The number of carbonyl (C=O) groups is 2. The van der Waals surface area contributed by atoms with Crippen molar-refractivity contribution in [2.75, 3.05) is 20.8 Å². The van der Waals surface area contributed by atoms with Gasteiger partial charge in [-0.3, -0.25) is 9.59 Å². The molecule has 1 heterocycles. The van der Waals surface area contributed by atoms with Crippen molar-refractivity contribution in [2.45, 2.75) is 38.0 Å². The van der Waals surface area contributed by atoms with Crippen LogP contribution in [-0.4, -0.2) is 32.5 Å². The molecule has 6 nitrogen and oxygen atoms in total. The Labute approximate surface area is 182 Å². The van der Waals surface area contributed by atoms with Gasteiger partial charge in [-0.1, -0.05) is 18.2 Å². The van der Waals surface area contributed by atoms with E-state index in [-0.39, 0.29) is 29.9 Å². The average Bonchev–Trinajstić information content (AvgIpc) is 2.78. The van der Waals surface area contributed by atoms with E-state index in [9.17, 15) is 9.59 Å². The maximum absolute atomic E-state index is 13.3. The van der Waals surface area contributed by atoms with Gasteiger partial charge in [0.2, 0.25) is 5.91 Å². The van der Waals surface area contributed by atoms with E-state index in [1.165, 1.54) is 0 Å². The minimum Gasteiger partial charge on any atom is -0.494 e. The molecule has 2 aromatic carbocycles. The van der Waals surface area contributed by atoms with Crippen LogP contribution < -0.4 is 19.5 Å². The minimum absolute atomic E-state index is 0.0279. The molecule has 6 heteroatoms. The second-order valence-electron chi connectivity index (χ2n) is 7.85. The molecule has 0 radical (unpaired) electrons. The van der Waals surface area contributed by atoms with Crippen LogP contribution in [0.5, 0.6) is 17.2 Å². The van der Waals surface area contributed by atoms with Crippen LogP contribution in [0.15, 0.2) is 53.7 Å². The molecule has 0 unspecified atom stereocenters. The number of ketones is 1. The lowest BCUT2D eigenvalue weighted by Gasteiger charge is -2.34. The van der Waals surface area contributed by atoms with Crippen LogP contribution in [0.3, 0.4) is 0 Å². The lowest BCUT2D eigenvalue weighted by molar-refractivity contribution is -0.122. The highest BCUT2D eigenvalue weighted by atomic mass is 16.5. The molecule has 31 heavy (non-hydrogen) atoms. The molecule has 4 rings (SSSR count). The minimum atomic E-state index is -0.247. The molecule has 1 amide bonds. The number of ether oxygens (including phenoxy) is 3. The topological polar surface area (TPSA) is 73.9 Å². The van der Waals surface area contributed by atoms with Crippen LogP contribution in [0.4, 0.5) is 0 Å². The number of nitrogens with one attached hydrogen (secondary N) is 1. The lowest BCUT2D eigenvalue weighted by atomic mass is 9.73. The van der Waals surface area contributed by atoms with Gasteiger partial charge >= 0.3 is 0 Å². The zero-order valence-corrected chi connectivity index (χ0v) is 18.1. The van der Waals surface area contributed by atoms with E-state index < -0.39 is 0 Å². The fourth-order valence-corrected chi connectivity index (χ4v) is 4.58. The Kier molecular flexibility index (Phi) is 5.98. The van der Waals surface area contributed by atoms with E-state index >= 15 is 0 Å². The number of methoxy groups -OCH3 is 2. The van der Waals surface area contributed by atoms with Crippen LogP contribution in [0.1, 0.15) is 49.1 Å². The summed E-state index contributed by atoms with van der Waals surface area (Å²) in [5, 5.41) is 2.97. The smallest absolute Gasteiger partial charge is 0.225 e. The number of rotatable bonds is 6. The summed E-state index contributed by atoms with van der Waals surface area (Å²) >= 11 is 0. The monoisotopic (exact) mass is 421 g/mol. The van der Waals surface area contributed by atoms with Crippen molar-refractivity contribution in [3.8, 4) is 17.2 Å². The highest BCUT2D eigenvalue weighted by Crippen LogP contribution is 2.44. The average molecular weight is 421 g/mol. The third-order valence-electron chi connectivity index (χ3n) is 5.99. The number of amides is 1. The highest BCUT2D eigenvalue weighted by molar-refractivity contribution is 6.02. The Morgan fingerprint density at radius 2 is 1.74 bits per heavy atom. The van der Waals surface area contributed by atoms with E-state index in [0.717, 1.165) is 28.1 Å². The molecule has 0 fully saturated rings. The Morgan fingerprint density at radius 1 is 0.935 bits per heavy atom. The van der Waals surface area contributed by atoms with Gasteiger partial charge in [-0.2, -0.15) is 0 Å². The molecule has 162 valence electrons. The Bertz CT molecular complexity index is 1040. The van der Waals surface area contributed by atoms with Crippen LogP contribution in [-0.2, 0) is 9.59 Å². The van der Waals surface area contributed by atoms with Crippen molar-refractivity contribution in [1.29, 1.82) is 0 Å². The molecule has 0 saturated heterocycles. The van der Waals surface area contributed by atoms with Crippen LogP contribution in [0, 0.1) is 0 Å². The highest BCUT2D eigenvalue weighted by Gasteiger charge is 2.38. The second kappa shape index (κ2) is 8.84. The summed E-state index contributed by atoms with van der Waals surface area (Å²) in [6.07, 6.45) is 1.26. The molecule has 2 aromatic rings. The summed E-state index contributed by atoms with van der Waals surface area (Å²) in [6, 6.07) is 13.4. The summed E-state index contributed by atoms with van der Waals surface area (Å²) < 4.78 is 16.4. The predicted molar refractivity (Wildman–Crippen MR) is 117 cm³/mol. The van der Waals surface area contributed by atoms with E-state index in [2.05, 4.69) is 5.32 Å². The first-order valence-corrected chi connectivity index (χ1v) is 10.5. The number of Topliss-reactive ketones (excluding diaryl/α,β-unsaturated/α-hetero) is 1. The molecule has 1 aliphatic heterocycles. The third kappa shape index (κ3) is 4.15. The molecule has 2 aliphatic rings. The number of benzene rings is 2. The van der Waals surface area contributed by atoms with Crippen molar-refractivity contribution < 1.29 is 23.8 Å². The quantitative estimate of drug-likeness (QED) is 0.760. The molecular formula is C25H27NO5. The molecule has 0 aromatic heterocycles. The maximum atomic E-state index is 13.3. The zero-order chi connectivity index (χ0) is 22.0. The molecule has 2 atom stereocenters. The van der Waals surface area contributed by atoms with E-state index in [0.29, 0.717) is 30.9 Å². The third-order valence-corrected chi connectivity index (χ3v) is 5.99. The first kappa shape index (κ1) is 21.0. The fourth-order valence-electron chi connectivity index (χ4n) is 4.58. The number of hydrogen-bond acceptors (Lipinski definition) is 5.